The molecule has 2 N–H and O–H groups in total. The van der Waals surface area contributed by atoms with E-state index in [0.29, 0.717) is 17.5 Å². The van der Waals surface area contributed by atoms with Gasteiger partial charge in [0.25, 0.3) is 0 Å². The van der Waals surface area contributed by atoms with Gasteiger partial charge in [-0.05, 0) is 30.8 Å². The van der Waals surface area contributed by atoms with Crippen molar-refractivity contribution >= 4 is 40.4 Å². The molecule has 2 heterocycles. The lowest BCUT2D eigenvalue weighted by molar-refractivity contribution is 0.690. The SMILES string of the molecule is Cc1nn(C)cc1NC(=S)Nc1ccn(Cc2ccccc2Cl)n1. The summed E-state index contributed by atoms with van der Waals surface area (Å²) in [6.07, 6.45) is 3.75. The lowest BCUT2D eigenvalue weighted by Crippen LogP contribution is -2.19. The highest BCUT2D eigenvalue weighted by Crippen LogP contribution is 2.17. The van der Waals surface area contributed by atoms with E-state index in [-0.39, 0.29) is 0 Å². The lowest BCUT2D eigenvalue weighted by atomic mass is 10.2. The van der Waals surface area contributed by atoms with E-state index >= 15 is 0 Å². The fourth-order valence-electron chi connectivity index (χ4n) is 2.31. The summed E-state index contributed by atoms with van der Waals surface area (Å²) >= 11 is 11.5. The van der Waals surface area contributed by atoms with Gasteiger partial charge in [0.1, 0.15) is 0 Å². The number of rotatable bonds is 4. The quantitative estimate of drug-likeness (QED) is 0.698. The summed E-state index contributed by atoms with van der Waals surface area (Å²) in [5.74, 6) is 0.668. The highest BCUT2D eigenvalue weighted by Gasteiger charge is 2.07. The third kappa shape index (κ3) is 3.93. The highest BCUT2D eigenvalue weighted by atomic mass is 35.5. The number of nitrogens with zero attached hydrogens (tertiary/aromatic N) is 4. The molecule has 1 aromatic carbocycles. The molecular formula is C16H17ClN6S. The van der Waals surface area contributed by atoms with Gasteiger partial charge in [-0.25, -0.2) is 0 Å². The molecule has 3 rings (SSSR count). The molecule has 0 unspecified atom stereocenters. The minimum Gasteiger partial charge on any atom is -0.330 e. The summed E-state index contributed by atoms with van der Waals surface area (Å²) in [5, 5.41) is 16.1. The highest BCUT2D eigenvalue weighted by molar-refractivity contribution is 7.80. The van der Waals surface area contributed by atoms with E-state index in [0.717, 1.165) is 22.0 Å². The number of aromatic nitrogens is 4. The molecule has 0 aliphatic heterocycles. The Bertz CT molecular complexity index is 869. The molecule has 124 valence electrons. The first kappa shape index (κ1) is 16.5. The van der Waals surface area contributed by atoms with E-state index in [1.54, 1.807) is 4.68 Å². The predicted molar refractivity (Wildman–Crippen MR) is 101 cm³/mol. The van der Waals surface area contributed by atoms with E-state index in [1.165, 1.54) is 0 Å². The van der Waals surface area contributed by atoms with E-state index in [4.69, 9.17) is 23.8 Å². The second kappa shape index (κ2) is 7.02. The molecule has 0 spiro atoms. The van der Waals surface area contributed by atoms with Crippen molar-refractivity contribution in [2.45, 2.75) is 13.5 Å². The molecule has 0 aliphatic rings. The summed E-state index contributed by atoms with van der Waals surface area (Å²) in [4.78, 5) is 0. The maximum Gasteiger partial charge on any atom is 0.176 e. The van der Waals surface area contributed by atoms with Gasteiger partial charge in [-0.3, -0.25) is 9.36 Å². The van der Waals surface area contributed by atoms with Crippen molar-refractivity contribution in [3.05, 3.63) is 59.0 Å². The number of aryl methyl sites for hydroxylation is 2. The summed E-state index contributed by atoms with van der Waals surface area (Å²) in [5.41, 5.74) is 2.76. The van der Waals surface area contributed by atoms with Gasteiger partial charge in [-0.2, -0.15) is 10.2 Å². The zero-order valence-electron chi connectivity index (χ0n) is 13.3. The average molecular weight is 361 g/mol. The normalized spacial score (nSPS) is 10.6. The van der Waals surface area contributed by atoms with E-state index in [2.05, 4.69) is 20.8 Å². The van der Waals surface area contributed by atoms with E-state index in [9.17, 15) is 0 Å². The van der Waals surface area contributed by atoms with Crippen LogP contribution >= 0.6 is 23.8 Å². The Labute approximate surface area is 150 Å². The Kier molecular flexibility index (Phi) is 4.82. The smallest absolute Gasteiger partial charge is 0.176 e. The Morgan fingerprint density at radius 2 is 2.00 bits per heavy atom. The topological polar surface area (TPSA) is 59.7 Å². The molecule has 0 aliphatic carbocycles. The van der Waals surface area contributed by atoms with Gasteiger partial charge in [0, 0.05) is 30.5 Å². The van der Waals surface area contributed by atoms with Crippen molar-refractivity contribution in [3.63, 3.8) is 0 Å². The second-order valence-corrected chi connectivity index (χ2v) is 6.19. The monoisotopic (exact) mass is 360 g/mol. The largest absolute Gasteiger partial charge is 0.330 e. The lowest BCUT2D eigenvalue weighted by Gasteiger charge is -2.07. The van der Waals surface area contributed by atoms with Crippen molar-refractivity contribution in [2.75, 3.05) is 10.6 Å². The fourth-order valence-corrected chi connectivity index (χ4v) is 2.72. The van der Waals surface area contributed by atoms with E-state index in [1.807, 2.05) is 61.4 Å². The Hall–Kier alpha value is -2.38. The molecule has 0 atom stereocenters. The van der Waals surface area contributed by atoms with Crippen molar-refractivity contribution in [1.29, 1.82) is 0 Å². The first-order chi connectivity index (χ1) is 11.5. The Morgan fingerprint density at radius 1 is 1.21 bits per heavy atom. The molecule has 0 saturated heterocycles. The van der Waals surface area contributed by atoms with Gasteiger partial charge in [0.15, 0.2) is 10.9 Å². The molecule has 0 saturated carbocycles. The molecule has 24 heavy (non-hydrogen) atoms. The Morgan fingerprint density at radius 3 is 2.71 bits per heavy atom. The summed E-state index contributed by atoms with van der Waals surface area (Å²) in [6.45, 7) is 2.52. The summed E-state index contributed by atoms with van der Waals surface area (Å²) in [7, 11) is 1.87. The molecule has 2 aromatic heterocycles. The van der Waals surface area contributed by atoms with Crippen LogP contribution in [-0.2, 0) is 13.6 Å². The van der Waals surface area contributed by atoms with Crippen LogP contribution in [0, 0.1) is 6.92 Å². The van der Waals surface area contributed by atoms with Gasteiger partial charge in [-0.1, -0.05) is 29.8 Å². The summed E-state index contributed by atoms with van der Waals surface area (Å²) < 4.78 is 3.54. The molecule has 0 fully saturated rings. The van der Waals surface area contributed by atoms with Gasteiger partial charge >= 0.3 is 0 Å². The number of anilines is 2. The zero-order chi connectivity index (χ0) is 17.1. The molecule has 3 aromatic rings. The summed E-state index contributed by atoms with van der Waals surface area (Å²) in [6, 6.07) is 9.58. The fraction of sp³-hybridized carbons (Fsp3) is 0.188. The van der Waals surface area contributed by atoms with Crippen LogP contribution in [0.15, 0.2) is 42.7 Å². The number of nitrogens with one attached hydrogen (secondary N) is 2. The first-order valence-electron chi connectivity index (χ1n) is 7.36. The maximum absolute atomic E-state index is 6.18. The van der Waals surface area contributed by atoms with Crippen LogP contribution in [0.5, 0.6) is 0 Å². The van der Waals surface area contributed by atoms with Gasteiger partial charge in [-0.15, -0.1) is 0 Å². The van der Waals surface area contributed by atoms with Crippen molar-refractivity contribution in [2.24, 2.45) is 7.05 Å². The third-order valence-electron chi connectivity index (χ3n) is 3.43. The third-order valence-corrected chi connectivity index (χ3v) is 4.01. The predicted octanol–water partition coefficient (Wildman–Crippen LogP) is 3.44. The molecule has 0 amide bonds. The number of benzene rings is 1. The van der Waals surface area contributed by atoms with Crippen LogP contribution in [0.2, 0.25) is 5.02 Å². The number of halogens is 1. The molecule has 0 radical (unpaired) electrons. The van der Waals surface area contributed by atoms with Gasteiger partial charge in [0.05, 0.1) is 17.9 Å². The van der Waals surface area contributed by atoms with Crippen LogP contribution < -0.4 is 10.6 Å². The van der Waals surface area contributed by atoms with Crippen molar-refractivity contribution in [3.8, 4) is 0 Å². The maximum atomic E-state index is 6.18. The molecule has 6 nitrogen and oxygen atoms in total. The number of thiocarbonyl (C=S) groups is 1. The Balaban J connectivity index is 1.62. The van der Waals surface area contributed by atoms with Crippen molar-refractivity contribution < 1.29 is 0 Å². The molecule has 0 bridgehead atoms. The van der Waals surface area contributed by atoms with Crippen LogP contribution in [-0.4, -0.2) is 24.7 Å². The standard InChI is InChI=1S/C16H17ClN6S/c1-11-14(10-22(2)20-11)18-16(24)19-15-7-8-23(21-15)9-12-5-3-4-6-13(12)17/h3-8,10H,9H2,1-2H3,(H2,18,19,21,24). The van der Waals surface area contributed by atoms with E-state index < -0.39 is 0 Å². The van der Waals surface area contributed by atoms with Gasteiger partial charge < -0.3 is 10.6 Å². The second-order valence-electron chi connectivity index (χ2n) is 5.37. The van der Waals surface area contributed by atoms with Crippen LogP contribution in [0.25, 0.3) is 0 Å². The number of hydrogen-bond donors (Lipinski definition) is 2. The minimum absolute atomic E-state index is 0.467. The van der Waals surface area contributed by atoms with Crippen LogP contribution in [0.4, 0.5) is 11.5 Å². The van der Waals surface area contributed by atoms with Gasteiger partial charge in [0.2, 0.25) is 0 Å². The van der Waals surface area contributed by atoms with Crippen molar-refractivity contribution in [1.82, 2.24) is 19.6 Å². The minimum atomic E-state index is 0.467. The first-order valence-corrected chi connectivity index (χ1v) is 8.15. The average Bonchev–Trinajstić information content (AvgIpc) is 3.08. The van der Waals surface area contributed by atoms with Crippen LogP contribution in [0.3, 0.4) is 0 Å². The molecular weight excluding hydrogens is 344 g/mol. The molecule has 8 heteroatoms. The zero-order valence-corrected chi connectivity index (χ0v) is 14.9. The number of hydrogen-bond acceptors (Lipinski definition) is 3. The van der Waals surface area contributed by atoms with Crippen LogP contribution in [0.1, 0.15) is 11.3 Å².